The van der Waals surface area contributed by atoms with Crippen LogP contribution in [-0.2, 0) is 14.2 Å². The summed E-state index contributed by atoms with van der Waals surface area (Å²) in [6.07, 6.45) is -1.13. The van der Waals surface area contributed by atoms with Gasteiger partial charge in [-0.25, -0.2) is 18.0 Å². The average Bonchev–Trinajstić information content (AvgIpc) is 2.49. The molecule has 0 aromatic rings. The van der Waals surface area contributed by atoms with E-state index >= 15 is 0 Å². The normalized spacial score (nSPS) is 22.6. The maximum atomic E-state index is 14.1. The van der Waals surface area contributed by atoms with Gasteiger partial charge in [0.05, 0.1) is 5.92 Å². The van der Waals surface area contributed by atoms with Gasteiger partial charge < -0.3 is 14.2 Å². The van der Waals surface area contributed by atoms with Gasteiger partial charge in [0.2, 0.25) is 0 Å². The summed E-state index contributed by atoms with van der Waals surface area (Å²) in [7, 11) is 0. The Morgan fingerprint density at radius 1 is 1.35 bits per heavy atom. The minimum atomic E-state index is -2.96. The van der Waals surface area contributed by atoms with Crippen LogP contribution in [-0.4, -0.2) is 49.2 Å². The first-order valence-electron chi connectivity index (χ1n) is 7.74. The molecule has 0 aromatic carbocycles. The third kappa shape index (κ3) is 5.58. The predicted octanol–water partition coefficient (Wildman–Crippen LogP) is 4.16. The Balaban J connectivity index is 1.99. The van der Waals surface area contributed by atoms with Gasteiger partial charge in [0.25, 0.3) is 6.43 Å². The number of ether oxygens (including phenoxy) is 3. The number of rotatable bonds is 4. The van der Waals surface area contributed by atoms with E-state index in [4.69, 9.17) is 14.2 Å². The van der Waals surface area contributed by atoms with Gasteiger partial charge in [-0.1, -0.05) is 22.0 Å². The summed E-state index contributed by atoms with van der Waals surface area (Å²) in [4.78, 5) is 18.8. The Morgan fingerprint density at radius 2 is 2.04 bits per heavy atom. The van der Waals surface area contributed by atoms with Gasteiger partial charge in [0.1, 0.15) is 30.7 Å². The molecule has 2 atom stereocenters. The maximum absolute atomic E-state index is 14.1. The van der Waals surface area contributed by atoms with Crippen LogP contribution in [0.15, 0.2) is 32.4 Å². The highest BCUT2D eigenvalue weighted by atomic mass is 79.9. The summed E-state index contributed by atoms with van der Waals surface area (Å²) in [6, 6.07) is -1.15. The summed E-state index contributed by atoms with van der Waals surface area (Å²) in [6.45, 7) is 4.71. The minimum Gasteiger partial charge on any atom is -0.477 e. The van der Waals surface area contributed by atoms with Crippen molar-refractivity contribution in [2.24, 2.45) is 15.9 Å². The van der Waals surface area contributed by atoms with Crippen molar-refractivity contribution < 1.29 is 32.2 Å². The van der Waals surface area contributed by atoms with Crippen LogP contribution in [0.3, 0.4) is 0 Å². The fourth-order valence-corrected chi connectivity index (χ4v) is 2.69. The number of aliphatic imine (C=N–C) groups is 2. The molecule has 2 aliphatic rings. The number of hydrogen-bond acceptors (Lipinski definition) is 6. The Kier molecular flexibility index (Phi) is 6.48. The Morgan fingerprint density at radius 3 is 2.65 bits per heavy atom. The molecule has 1 aliphatic carbocycles. The molecule has 2 rings (SSSR count). The molecule has 0 saturated heterocycles. The van der Waals surface area contributed by atoms with Crippen LogP contribution >= 0.6 is 15.9 Å². The second-order valence-corrected chi connectivity index (χ2v) is 7.37. The summed E-state index contributed by atoms with van der Waals surface area (Å²) >= 11 is 3.14. The molecule has 1 heterocycles. The van der Waals surface area contributed by atoms with Crippen LogP contribution in [0.4, 0.5) is 18.0 Å². The number of nitrogens with zero attached hydrogens (tertiary/aromatic N) is 2. The number of fused-ring (bicyclic) bond motifs is 1. The molecule has 0 saturated carbocycles. The van der Waals surface area contributed by atoms with E-state index in [9.17, 15) is 18.0 Å². The van der Waals surface area contributed by atoms with Crippen LogP contribution in [0.25, 0.3) is 0 Å². The molecule has 0 amide bonds. The highest BCUT2D eigenvalue weighted by Crippen LogP contribution is 2.33. The molecule has 0 fully saturated rings. The number of amidine groups is 1. The average molecular weight is 439 g/mol. The first-order valence-corrected chi connectivity index (χ1v) is 8.53. The lowest BCUT2D eigenvalue weighted by atomic mass is 9.93. The van der Waals surface area contributed by atoms with E-state index in [-0.39, 0.29) is 19.1 Å². The van der Waals surface area contributed by atoms with E-state index in [1.165, 1.54) is 0 Å². The first kappa shape index (κ1) is 20.5. The third-order valence-electron chi connectivity index (χ3n) is 3.16. The monoisotopic (exact) mass is 438 g/mol. The van der Waals surface area contributed by atoms with Gasteiger partial charge in [-0.2, -0.15) is 4.99 Å². The van der Waals surface area contributed by atoms with Crippen molar-refractivity contribution in [2.45, 2.75) is 38.8 Å². The fraction of sp³-hybridized carbons (Fsp3) is 0.562. The topological polar surface area (TPSA) is 69.5 Å². The van der Waals surface area contributed by atoms with Crippen molar-refractivity contribution in [1.29, 1.82) is 0 Å². The van der Waals surface area contributed by atoms with E-state index in [2.05, 4.69) is 25.9 Å². The number of hydrogen-bond donors (Lipinski definition) is 0. The Bertz CT molecular complexity index is 683. The highest BCUT2D eigenvalue weighted by Gasteiger charge is 2.37. The van der Waals surface area contributed by atoms with Gasteiger partial charge in [0, 0.05) is 4.48 Å². The quantitative estimate of drug-likeness (QED) is 0.488. The van der Waals surface area contributed by atoms with Gasteiger partial charge in [-0.05, 0) is 26.8 Å². The van der Waals surface area contributed by atoms with Gasteiger partial charge in [-0.3, -0.25) is 4.99 Å². The Labute approximate surface area is 156 Å². The lowest BCUT2D eigenvalue weighted by Gasteiger charge is -2.28. The SMILES string of the molecule is CC(C)(C)OC(=O)OCCOC1=NC(C(F)F)=NC2C(F)=CC(Br)=CC12. The van der Waals surface area contributed by atoms with Crippen molar-refractivity contribution in [3.8, 4) is 0 Å². The molecule has 10 heteroatoms. The molecule has 6 nitrogen and oxygen atoms in total. The zero-order chi connectivity index (χ0) is 19.5. The molecule has 144 valence electrons. The molecule has 1 aliphatic heterocycles. The maximum Gasteiger partial charge on any atom is 0.508 e. The van der Waals surface area contributed by atoms with Crippen LogP contribution in [0.5, 0.6) is 0 Å². The van der Waals surface area contributed by atoms with Crippen LogP contribution in [0.1, 0.15) is 20.8 Å². The second-order valence-electron chi connectivity index (χ2n) is 6.45. The lowest BCUT2D eigenvalue weighted by Crippen LogP contribution is -2.36. The van der Waals surface area contributed by atoms with E-state index in [0.717, 1.165) is 6.08 Å². The zero-order valence-electron chi connectivity index (χ0n) is 14.3. The fourth-order valence-electron chi connectivity index (χ4n) is 2.19. The van der Waals surface area contributed by atoms with Crippen LogP contribution < -0.4 is 0 Å². The van der Waals surface area contributed by atoms with Gasteiger partial charge in [0.15, 0.2) is 11.7 Å². The molecule has 2 unspecified atom stereocenters. The summed E-state index contributed by atoms with van der Waals surface area (Å²) in [5, 5.41) is 0. The number of allylic oxidation sites excluding steroid dienone is 2. The van der Waals surface area contributed by atoms with Crippen molar-refractivity contribution in [2.75, 3.05) is 13.2 Å². The van der Waals surface area contributed by atoms with Crippen LogP contribution in [0, 0.1) is 5.92 Å². The molecule has 0 bridgehead atoms. The number of carbonyl (C=O) groups is 1. The van der Waals surface area contributed by atoms with Crippen molar-refractivity contribution in [1.82, 2.24) is 0 Å². The van der Waals surface area contributed by atoms with E-state index in [1.54, 1.807) is 26.8 Å². The minimum absolute atomic E-state index is 0.117. The summed E-state index contributed by atoms with van der Waals surface area (Å²) < 4.78 is 55.6. The molecule has 0 radical (unpaired) electrons. The molecule has 0 aromatic heterocycles. The van der Waals surface area contributed by atoms with E-state index < -0.39 is 41.8 Å². The van der Waals surface area contributed by atoms with Crippen molar-refractivity contribution in [3.63, 3.8) is 0 Å². The molecular formula is C16H18BrF3N2O4. The number of alkyl halides is 2. The van der Waals surface area contributed by atoms with E-state index in [0.29, 0.717) is 4.48 Å². The smallest absolute Gasteiger partial charge is 0.477 e. The summed E-state index contributed by atoms with van der Waals surface area (Å²) in [5.41, 5.74) is -0.704. The number of halogens is 4. The third-order valence-corrected chi connectivity index (χ3v) is 3.65. The molecule has 0 spiro atoms. The standard InChI is InChI=1S/C16H18BrF3N2O4/c1-16(2,3)26-15(23)25-5-4-24-14-9-6-8(17)7-10(18)11(9)21-13(22-14)12(19)20/h6-7,9,11-12H,4-5H2,1-3H3. The summed E-state index contributed by atoms with van der Waals surface area (Å²) in [5.74, 6) is -2.36. The van der Waals surface area contributed by atoms with Crippen molar-refractivity contribution in [3.05, 3.63) is 22.5 Å². The van der Waals surface area contributed by atoms with Crippen LogP contribution in [0.2, 0.25) is 0 Å². The first-order chi connectivity index (χ1) is 12.1. The largest absolute Gasteiger partial charge is 0.508 e. The van der Waals surface area contributed by atoms with Crippen molar-refractivity contribution >= 4 is 33.8 Å². The molecule has 26 heavy (non-hydrogen) atoms. The molecule has 0 N–H and O–H groups in total. The highest BCUT2D eigenvalue weighted by molar-refractivity contribution is 9.11. The second kappa shape index (κ2) is 8.24. The van der Waals surface area contributed by atoms with Gasteiger partial charge >= 0.3 is 6.16 Å². The predicted molar refractivity (Wildman–Crippen MR) is 92.5 cm³/mol. The van der Waals surface area contributed by atoms with E-state index in [1.807, 2.05) is 0 Å². The Hall–Kier alpha value is -1.84. The zero-order valence-corrected chi connectivity index (χ0v) is 15.9. The molecular weight excluding hydrogens is 421 g/mol. The van der Waals surface area contributed by atoms with Gasteiger partial charge in [-0.15, -0.1) is 0 Å². The lowest BCUT2D eigenvalue weighted by molar-refractivity contribution is -0.0122. The number of carbonyl (C=O) groups excluding carboxylic acids is 1.